The lowest BCUT2D eigenvalue weighted by Gasteiger charge is -2.21. The predicted molar refractivity (Wildman–Crippen MR) is 69.1 cm³/mol. The SMILES string of the molecule is CC(NS(=O)(=O)CCCC(=O)O)C(=O)N1CCCC1. The Balaban J connectivity index is 2.43. The molecule has 1 saturated heterocycles. The first kappa shape index (κ1) is 15.9. The van der Waals surface area contributed by atoms with Gasteiger partial charge in [0.25, 0.3) is 0 Å². The van der Waals surface area contributed by atoms with E-state index in [0.29, 0.717) is 13.1 Å². The highest BCUT2D eigenvalue weighted by atomic mass is 32.2. The molecule has 1 aliphatic heterocycles. The Morgan fingerprint density at radius 1 is 1.32 bits per heavy atom. The normalized spacial score (nSPS) is 17.4. The molecule has 0 aromatic carbocycles. The van der Waals surface area contributed by atoms with Gasteiger partial charge in [-0.2, -0.15) is 0 Å². The van der Waals surface area contributed by atoms with E-state index >= 15 is 0 Å². The second-order valence-electron chi connectivity index (χ2n) is 4.69. The minimum Gasteiger partial charge on any atom is -0.481 e. The first-order chi connectivity index (χ1) is 8.82. The van der Waals surface area contributed by atoms with Crippen molar-refractivity contribution in [1.82, 2.24) is 9.62 Å². The molecule has 1 aliphatic rings. The molecule has 1 amide bonds. The summed E-state index contributed by atoms with van der Waals surface area (Å²) in [5, 5.41) is 8.45. The number of nitrogens with zero attached hydrogens (tertiary/aromatic N) is 1. The lowest BCUT2D eigenvalue weighted by Crippen LogP contribution is -2.46. The predicted octanol–water partition coefficient (Wildman–Crippen LogP) is -0.218. The van der Waals surface area contributed by atoms with Crippen LogP contribution >= 0.6 is 0 Å². The molecule has 1 unspecified atom stereocenters. The van der Waals surface area contributed by atoms with Crippen LogP contribution in [-0.4, -0.2) is 55.2 Å². The van der Waals surface area contributed by atoms with Crippen LogP contribution in [0.2, 0.25) is 0 Å². The molecule has 1 fully saturated rings. The largest absolute Gasteiger partial charge is 0.481 e. The second-order valence-corrected chi connectivity index (χ2v) is 6.56. The fourth-order valence-corrected chi connectivity index (χ4v) is 3.29. The number of carbonyl (C=O) groups excluding carboxylic acids is 1. The quantitative estimate of drug-likeness (QED) is 0.675. The Morgan fingerprint density at radius 2 is 1.89 bits per heavy atom. The van der Waals surface area contributed by atoms with Crippen LogP contribution in [0, 0.1) is 0 Å². The Morgan fingerprint density at radius 3 is 2.42 bits per heavy atom. The van der Waals surface area contributed by atoms with E-state index in [1.54, 1.807) is 4.90 Å². The lowest BCUT2D eigenvalue weighted by atomic mass is 10.3. The van der Waals surface area contributed by atoms with Crippen LogP contribution in [0.1, 0.15) is 32.6 Å². The van der Waals surface area contributed by atoms with Crippen molar-refractivity contribution in [2.45, 2.75) is 38.6 Å². The van der Waals surface area contributed by atoms with Crippen LogP contribution in [0.3, 0.4) is 0 Å². The van der Waals surface area contributed by atoms with Gasteiger partial charge in [0, 0.05) is 19.5 Å². The first-order valence-electron chi connectivity index (χ1n) is 6.32. The molecule has 8 heteroatoms. The summed E-state index contributed by atoms with van der Waals surface area (Å²) in [6.07, 6.45) is 1.73. The highest BCUT2D eigenvalue weighted by Crippen LogP contribution is 2.09. The van der Waals surface area contributed by atoms with E-state index in [9.17, 15) is 18.0 Å². The number of hydrogen-bond acceptors (Lipinski definition) is 4. The number of aliphatic carboxylic acids is 1. The van der Waals surface area contributed by atoms with E-state index in [4.69, 9.17) is 5.11 Å². The van der Waals surface area contributed by atoms with Gasteiger partial charge in [0.1, 0.15) is 0 Å². The van der Waals surface area contributed by atoms with Gasteiger partial charge < -0.3 is 10.0 Å². The van der Waals surface area contributed by atoms with Gasteiger partial charge in [0.05, 0.1) is 11.8 Å². The summed E-state index contributed by atoms with van der Waals surface area (Å²) >= 11 is 0. The van der Waals surface area contributed by atoms with Crippen molar-refractivity contribution >= 4 is 21.9 Å². The summed E-state index contributed by atoms with van der Waals surface area (Å²) in [5.41, 5.74) is 0. The maximum Gasteiger partial charge on any atom is 0.303 e. The van der Waals surface area contributed by atoms with Gasteiger partial charge in [-0.3, -0.25) is 9.59 Å². The smallest absolute Gasteiger partial charge is 0.303 e. The van der Waals surface area contributed by atoms with Gasteiger partial charge >= 0.3 is 5.97 Å². The molecule has 110 valence electrons. The Bertz CT molecular complexity index is 428. The molecule has 0 saturated carbocycles. The maximum absolute atomic E-state index is 11.9. The number of carboxylic acid groups (broad SMARTS) is 1. The molecular weight excluding hydrogens is 272 g/mol. The summed E-state index contributed by atoms with van der Waals surface area (Å²) in [5.74, 6) is -1.53. The van der Waals surface area contributed by atoms with Crippen molar-refractivity contribution in [2.24, 2.45) is 0 Å². The second kappa shape index (κ2) is 6.85. The Hall–Kier alpha value is -1.15. The average Bonchev–Trinajstić information content (AvgIpc) is 2.79. The third kappa shape index (κ3) is 5.56. The molecule has 0 aromatic heterocycles. The number of sulfonamides is 1. The number of carboxylic acids is 1. The van der Waals surface area contributed by atoms with E-state index in [0.717, 1.165) is 12.8 Å². The summed E-state index contributed by atoms with van der Waals surface area (Å²) in [4.78, 5) is 23.9. The van der Waals surface area contributed by atoms with Gasteiger partial charge in [0.15, 0.2) is 0 Å². The molecule has 0 aliphatic carbocycles. The lowest BCUT2D eigenvalue weighted by molar-refractivity contribution is -0.137. The number of amides is 1. The van der Waals surface area contributed by atoms with E-state index in [2.05, 4.69) is 4.72 Å². The van der Waals surface area contributed by atoms with Crippen LogP contribution in [0.4, 0.5) is 0 Å². The molecule has 1 atom stereocenters. The Labute approximate surface area is 113 Å². The standard InChI is InChI=1S/C11H20N2O5S/c1-9(11(16)13-6-2-3-7-13)12-19(17,18)8-4-5-10(14)15/h9,12H,2-8H2,1H3,(H,14,15). The van der Waals surface area contributed by atoms with Crippen LogP contribution in [0.5, 0.6) is 0 Å². The molecule has 1 rings (SSSR count). The van der Waals surface area contributed by atoms with Gasteiger partial charge in [-0.25, -0.2) is 13.1 Å². The minimum absolute atomic E-state index is 0.0370. The zero-order chi connectivity index (χ0) is 14.5. The molecule has 7 nitrogen and oxygen atoms in total. The third-order valence-electron chi connectivity index (χ3n) is 2.95. The first-order valence-corrected chi connectivity index (χ1v) is 7.97. The summed E-state index contributed by atoms with van der Waals surface area (Å²) in [7, 11) is -3.61. The monoisotopic (exact) mass is 292 g/mol. The molecule has 19 heavy (non-hydrogen) atoms. The molecule has 0 radical (unpaired) electrons. The number of hydrogen-bond donors (Lipinski definition) is 2. The summed E-state index contributed by atoms with van der Waals surface area (Å²) in [6, 6.07) is -0.798. The topological polar surface area (TPSA) is 104 Å². The van der Waals surface area contributed by atoms with Crippen LogP contribution in [0.25, 0.3) is 0 Å². The van der Waals surface area contributed by atoms with Crippen LogP contribution < -0.4 is 4.72 Å². The van der Waals surface area contributed by atoms with Gasteiger partial charge in [-0.1, -0.05) is 0 Å². The van der Waals surface area contributed by atoms with Crippen LogP contribution in [0.15, 0.2) is 0 Å². The summed E-state index contributed by atoms with van der Waals surface area (Å²) < 4.78 is 25.6. The molecule has 0 bridgehead atoms. The van der Waals surface area contributed by atoms with Crippen molar-refractivity contribution in [3.63, 3.8) is 0 Å². The molecular formula is C11H20N2O5S. The van der Waals surface area contributed by atoms with E-state index in [-0.39, 0.29) is 24.5 Å². The van der Waals surface area contributed by atoms with E-state index in [1.807, 2.05) is 0 Å². The van der Waals surface area contributed by atoms with Gasteiger partial charge in [-0.15, -0.1) is 0 Å². The van der Waals surface area contributed by atoms with Crippen molar-refractivity contribution in [1.29, 1.82) is 0 Å². The molecule has 0 aromatic rings. The van der Waals surface area contributed by atoms with Crippen molar-refractivity contribution in [3.05, 3.63) is 0 Å². The minimum atomic E-state index is -3.61. The zero-order valence-electron chi connectivity index (χ0n) is 11.0. The zero-order valence-corrected chi connectivity index (χ0v) is 11.8. The van der Waals surface area contributed by atoms with E-state index in [1.165, 1.54) is 6.92 Å². The van der Waals surface area contributed by atoms with E-state index < -0.39 is 22.0 Å². The number of nitrogens with one attached hydrogen (secondary N) is 1. The maximum atomic E-state index is 11.9. The van der Waals surface area contributed by atoms with Crippen molar-refractivity contribution < 1.29 is 23.1 Å². The summed E-state index contributed by atoms with van der Waals surface area (Å²) in [6.45, 7) is 2.85. The fraction of sp³-hybridized carbons (Fsp3) is 0.818. The van der Waals surface area contributed by atoms with Crippen molar-refractivity contribution in [3.8, 4) is 0 Å². The number of rotatable bonds is 7. The molecule has 1 heterocycles. The Kier molecular flexibility index (Phi) is 5.74. The average molecular weight is 292 g/mol. The number of likely N-dealkylation sites (tertiary alicyclic amines) is 1. The fourth-order valence-electron chi connectivity index (χ4n) is 2.00. The highest BCUT2D eigenvalue weighted by Gasteiger charge is 2.26. The number of carbonyl (C=O) groups is 2. The molecule has 0 spiro atoms. The van der Waals surface area contributed by atoms with Gasteiger partial charge in [-0.05, 0) is 26.2 Å². The van der Waals surface area contributed by atoms with Gasteiger partial charge in [0.2, 0.25) is 15.9 Å². The highest BCUT2D eigenvalue weighted by molar-refractivity contribution is 7.89. The molecule has 2 N–H and O–H groups in total. The van der Waals surface area contributed by atoms with Crippen LogP contribution in [-0.2, 0) is 19.6 Å². The van der Waals surface area contributed by atoms with Crippen molar-refractivity contribution in [2.75, 3.05) is 18.8 Å². The third-order valence-corrected chi connectivity index (χ3v) is 4.49.